The first kappa shape index (κ1) is 15.0. The highest BCUT2D eigenvalue weighted by Gasteiger charge is 2.27. The lowest BCUT2D eigenvalue weighted by Gasteiger charge is -2.25. The maximum absolute atomic E-state index is 5.99. The molecule has 2 nitrogen and oxygen atoms in total. The predicted molar refractivity (Wildman–Crippen MR) is 76.2 cm³/mol. The van der Waals surface area contributed by atoms with E-state index in [-0.39, 0.29) is 0 Å². The van der Waals surface area contributed by atoms with Crippen LogP contribution in [0.4, 0.5) is 0 Å². The largest absolute Gasteiger partial charge is 0.328 e. The molecule has 0 amide bonds. The number of nitrogens with zero attached hydrogens (tertiary/aromatic N) is 1. The molecule has 1 aliphatic heterocycles. The molecule has 1 fully saturated rings. The maximum Gasteiger partial charge on any atom is 0.00670 e. The van der Waals surface area contributed by atoms with Gasteiger partial charge < -0.3 is 10.6 Å². The molecule has 3 atom stereocenters. The predicted octanol–water partition coefficient (Wildman–Crippen LogP) is 3.40. The highest BCUT2D eigenvalue weighted by Crippen LogP contribution is 2.22. The summed E-state index contributed by atoms with van der Waals surface area (Å²) >= 11 is 0. The number of rotatable bonds is 8. The van der Waals surface area contributed by atoms with Crippen molar-refractivity contribution in [2.24, 2.45) is 11.7 Å². The summed E-state index contributed by atoms with van der Waals surface area (Å²) in [5.74, 6) is 0.734. The van der Waals surface area contributed by atoms with Crippen molar-refractivity contribution in [3.63, 3.8) is 0 Å². The van der Waals surface area contributed by atoms with E-state index >= 15 is 0 Å². The number of hydrogen-bond acceptors (Lipinski definition) is 2. The normalized spacial score (nSPS) is 25.1. The molecule has 102 valence electrons. The second-order valence-corrected chi connectivity index (χ2v) is 5.95. The van der Waals surface area contributed by atoms with Crippen LogP contribution in [0, 0.1) is 5.92 Å². The van der Waals surface area contributed by atoms with Crippen LogP contribution < -0.4 is 5.73 Å². The van der Waals surface area contributed by atoms with Gasteiger partial charge in [-0.05, 0) is 39.2 Å². The van der Waals surface area contributed by atoms with E-state index < -0.39 is 0 Å². The van der Waals surface area contributed by atoms with Crippen molar-refractivity contribution in [2.75, 3.05) is 13.1 Å². The lowest BCUT2D eigenvalue weighted by Crippen LogP contribution is -2.34. The van der Waals surface area contributed by atoms with E-state index in [1.54, 1.807) is 0 Å². The van der Waals surface area contributed by atoms with Crippen LogP contribution in [-0.2, 0) is 0 Å². The molecule has 2 N–H and O–H groups in total. The molecule has 1 heterocycles. The monoisotopic (exact) mass is 240 g/mol. The number of unbranched alkanes of at least 4 members (excludes halogenated alkanes) is 4. The Balaban J connectivity index is 2.10. The van der Waals surface area contributed by atoms with E-state index in [0.29, 0.717) is 6.04 Å². The zero-order valence-electron chi connectivity index (χ0n) is 12.1. The zero-order chi connectivity index (χ0) is 12.7. The molecule has 0 saturated carbocycles. The van der Waals surface area contributed by atoms with Crippen LogP contribution >= 0.6 is 0 Å². The van der Waals surface area contributed by atoms with E-state index in [1.807, 2.05) is 0 Å². The third-order valence-electron chi connectivity index (χ3n) is 4.35. The molecule has 2 heteroatoms. The summed E-state index contributed by atoms with van der Waals surface area (Å²) in [5.41, 5.74) is 5.99. The fourth-order valence-electron chi connectivity index (χ4n) is 2.87. The molecule has 0 bridgehead atoms. The number of nitrogens with two attached hydrogens (primary N) is 1. The van der Waals surface area contributed by atoms with Gasteiger partial charge in [-0.3, -0.25) is 0 Å². The van der Waals surface area contributed by atoms with Gasteiger partial charge in [0.05, 0.1) is 0 Å². The SMILES string of the molecule is CCCCCCCC(C)N1CCC(C(C)N)C1. The molecular weight excluding hydrogens is 208 g/mol. The van der Waals surface area contributed by atoms with Crippen LogP contribution in [-0.4, -0.2) is 30.1 Å². The molecule has 0 aromatic rings. The second kappa shape index (κ2) is 8.10. The van der Waals surface area contributed by atoms with Crippen molar-refractivity contribution in [2.45, 2.75) is 77.8 Å². The Bertz CT molecular complexity index is 191. The van der Waals surface area contributed by atoms with Crippen molar-refractivity contribution in [1.82, 2.24) is 4.90 Å². The Morgan fingerprint density at radius 2 is 1.88 bits per heavy atom. The van der Waals surface area contributed by atoms with Crippen LogP contribution in [0.3, 0.4) is 0 Å². The first-order chi connectivity index (χ1) is 8.15. The molecule has 1 saturated heterocycles. The average Bonchev–Trinajstić information content (AvgIpc) is 2.78. The van der Waals surface area contributed by atoms with Crippen LogP contribution in [0.2, 0.25) is 0 Å². The quantitative estimate of drug-likeness (QED) is 0.659. The third kappa shape index (κ3) is 5.39. The van der Waals surface area contributed by atoms with E-state index in [0.717, 1.165) is 12.0 Å². The van der Waals surface area contributed by atoms with Gasteiger partial charge in [0.25, 0.3) is 0 Å². The first-order valence-electron chi connectivity index (χ1n) is 7.64. The summed E-state index contributed by atoms with van der Waals surface area (Å²) in [5, 5.41) is 0. The summed E-state index contributed by atoms with van der Waals surface area (Å²) in [6, 6.07) is 1.14. The lowest BCUT2D eigenvalue weighted by atomic mass is 10.0. The van der Waals surface area contributed by atoms with Gasteiger partial charge in [-0.1, -0.05) is 39.0 Å². The van der Waals surface area contributed by atoms with Crippen LogP contribution in [0.25, 0.3) is 0 Å². The van der Waals surface area contributed by atoms with Crippen LogP contribution in [0.15, 0.2) is 0 Å². The molecule has 0 spiro atoms. The summed E-state index contributed by atoms with van der Waals surface area (Å²) < 4.78 is 0. The van der Waals surface area contributed by atoms with Gasteiger partial charge in [-0.15, -0.1) is 0 Å². The van der Waals surface area contributed by atoms with Crippen molar-refractivity contribution in [3.8, 4) is 0 Å². The molecule has 0 radical (unpaired) electrons. The summed E-state index contributed by atoms with van der Waals surface area (Å²) in [6.07, 6.45) is 9.67. The lowest BCUT2D eigenvalue weighted by molar-refractivity contribution is 0.229. The Morgan fingerprint density at radius 1 is 1.18 bits per heavy atom. The number of hydrogen-bond donors (Lipinski definition) is 1. The van der Waals surface area contributed by atoms with Gasteiger partial charge in [0.15, 0.2) is 0 Å². The van der Waals surface area contributed by atoms with Crippen molar-refractivity contribution in [3.05, 3.63) is 0 Å². The van der Waals surface area contributed by atoms with E-state index in [2.05, 4.69) is 25.7 Å². The smallest absolute Gasteiger partial charge is 0.00670 e. The Morgan fingerprint density at radius 3 is 2.47 bits per heavy atom. The molecule has 1 aliphatic rings. The first-order valence-corrected chi connectivity index (χ1v) is 7.64. The summed E-state index contributed by atoms with van der Waals surface area (Å²) in [6.45, 7) is 9.32. The van der Waals surface area contributed by atoms with Crippen molar-refractivity contribution in [1.29, 1.82) is 0 Å². The van der Waals surface area contributed by atoms with Gasteiger partial charge >= 0.3 is 0 Å². The van der Waals surface area contributed by atoms with Gasteiger partial charge in [0, 0.05) is 18.6 Å². The summed E-state index contributed by atoms with van der Waals surface area (Å²) in [7, 11) is 0. The molecule has 0 aliphatic carbocycles. The van der Waals surface area contributed by atoms with Crippen LogP contribution in [0.5, 0.6) is 0 Å². The molecule has 1 rings (SSSR count). The average molecular weight is 240 g/mol. The zero-order valence-corrected chi connectivity index (χ0v) is 12.1. The maximum atomic E-state index is 5.99. The minimum absolute atomic E-state index is 0.372. The Labute approximate surface area is 108 Å². The van der Waals surface area contributed by atoms with E-state index in [1.165, 1.54) is 58.0 Å². The van der Waals surface area contributed by atoms with E-state index in [9.17, 15) is 0 Å². The minimum atomic E-state index is 0.372. The molecule has 0 aromatic heterocycles. The molecule has 17 heavy (non-hydrogen) atoms. The second-order valence-electron chi connectivity index (χ2n) is 5.95. The van der Waals surface area contributed by atoms with Crippen molar-refractivity contribution < 1.29 is 0 Å². The minimum Gasteiger partial charge on any atom is -0.328 e. The third-order valence-corrected chi connectivity index (χ3v) is 4.35. The highest BCUT2D eigenvalue weighted by molar-refractivity contribution is 4.83. The highest BCUT2D eigenvalue weighted by atomic mass is 15.2. The number of likely N-dealkylation sites (tertiary alicyclic amines) is 1. The van der Waals surface area contributed by atoms with Crippen molar-refractivity contribution >= 4 is 0 Å². The summed E-state index contributed by atoms with van der Waals surface area (Å²) in [4.78, 5) is 2.65. The molecule has 3 unspecified atom stereocenters. The fourth-order valence-corrected chi connectivity index (χ4v) is 2.87. The standard InChI is InChI=1S/C15H32N2/c1-4-5-6-7-8-9-13(2)17-11-10-15(12-17)14(3)16/h13-15H,4-12,16H2,1-3H3. The Hall–Kier alpha value is -0.0800. The van der Waals surface area contributed by atoms with Gasteiger partial charge in [-0.25, -0.2) is 0 Å². The molecular formula is C15H32N2. The van der Waals surface area contributed by atoms with Gasteiger partial charge in [0.2, 0.25) is 0 Å². The van der Waals surface area contributed by atoms with E-state index in [4.69, 9.17) is 5.73 Å². The van der Waals surface area contributed by atoms with Gasteiger partial charge in [0.1, 0.15) is 0 Å². The topological polar surface area (TPSA) is 29.3 Å². The fraction of sp³-hybridized carbons (Fsp3) is 1.00. The van der Waals surface area contributed by atoms with Crippen LogP contribution in [0.1, 0.15) is 65.7 Å². The molecule has 0 aromatic carbocycles. The van der Waals surface area contributed by atoms with Gasteiger partial charge in [-0.2, -0.15) is 0 Å². The Kier molecular flexibility index (Phi) is 7.14.